The van der Waals surface area contributed by atoms with E-state index in [2.05, 4.69) is 5.32 Å². The molecule has 0 aromatic heterocycles. The van der Waals surface area contributed by atoms with Crippen LogP contribution in [-0.4, -0.2) is 82.4 Å². The number of thioether (sulfide) groups is 1. The molecule has 3 heterocycles. The van der Waals surface area contributed by atoms with E-state index in [1.54, 1.807) is 19.0 Å². The number of likely N-dealkylation sites (N-methyl/N-ethyl adjacent to an activating group) is 1. The minimum absolute atomic E-state index is 0.0105. The third-order valence-corrected chi connectivity index (χ3v) is 6.12. The van der Waals surface area contributed by atoms with Gasteiger partial charge in [-0.3, -0.25) is 9.59 Å². The monoisotopic (exact) mass is 355 g/mol. The lowest BCUT2D eigenvalue weighted by Crippen LogP contribution is -2.59. The van der Waals surface area contributed by atoms with Crippen molar-refractivity contribution in [3.63, 3.8) is 0 Å². The van der Waals surface area contributed by atoms with E-state index in [0.29, 0.717) is 24.3 Å². The fourth-order valence-corrected chi connectivity index (χ4v) is 4.99. The van der Waals surface area contributed by atoms with Crippen molar-refractivity contribution >= 4 is 29.5 Å². The van der Waals surface area contributed by atoms with E-state index >= 15 is 0 Å². The van der Waals surface area contributed by atoms with Crippen molar-refractivity contribution in [1.29, 1.82) is 0 Å². The Balaban J connectivity index is 1.70. The number of aliphatic hydroxyl groups is 1. The van der Waals surface area contributed by atoms with Crippen molar-refractivity contribution in [2.75, 3.05) is 27.2 Å². The van der Waals surface area contributed by atoms with Gasteiger partial charge >= 0.3 is 5.97 Å². The Kier molecular flexibility index (Phi) is 4.58. The molecule has 2 fully saturated rings. The molecule has 3 aliphatic heterocycles. The van der Waals surface area contributed by atoms with Crippen LogP contribution < -0.4 is 5.32 Å². The first-order chi connectivity index (χ1) is 11.3. The van der Waals surface area contributed by atoms with Crippen molar-refractivity contribution in [2.24, 2.45) is 5.92 Å². The summed E-state index contributed by atoms with van der Waals surface area (Å²) in [6.07, 6.45) is 1.09. The van der Waals surface area contributed by atoms with E-state index in [-0.39, 0.29) is 41.5 Å². The first kappa shape index (κ1) is 17.2. The largest absolute Gasteiger partial charge is 0.477 e. The number of carbonyl (C=O) groups excluding carboxylic acids is 2. The molecule has 132 valence electrons. The van der Waals surface area contributed by atoms with Crippen LogP contribution in [0.15, 0.2) is 10.6 Å². The number of β-lactam (4-membered cyclic amide) rings is 1. The summed E-state index contributed by atoms with van der Waals surface area (Å²) in [5.74, 6) is -1.92. The summed E-state index contributed by atoms with van der Waals surface area (Å²) in [5, 5.41) is 22.0. The van der Waals surface area contributed by atoms with E-state index in [1.807, 2.05) is 0 Å². The molecule has 3 rings (SSSR count). The molecule has 9 heteroatoms. The van der Waals surface area contributed by atoms with E-state index in [0.717, 1.165) is 0 Å². The molecule has 3 N–H and O–H groups in total. The minimum Gasteiger partial charge on any atom is -0.477 e. The molecule has 0 saturated carbocycles. The fraction of sp³-hybridized carbons (Fsp3) is 0.667. The Bertz CT molecular complexity index is 620. The van der Waals surface area contributed by atoms with E-state index in [1.165, 1.54) is 16.7 Å². The summed E-state index contributed by atoms with van der Waals surface area (Å²) in [7, 11) is 3.41. The predicted octanol–water partition coefficient (Wildman–Crippen LogP) is -0.942. The van der Waals surface area contributed by atoms with Crippen molar-refractivity contribution in [3.8, 4) is 0 Å². The number of hydrogen-bond donors (Lipinski definition) is 3. The Hall–Kier alpha value is -1.58. The average Bonchev–Trinajstić information content (AvgIpc) is 3.10. The maximum Gasteiger partial charge on any atom is 0.353 e. The summed E-state index contributed by atoms with van der Waals surface area (Å²) < 4.78 is 0. The molecular weight excluding hydrogens is 334 g/mol. The SMILES string of the molecule is CN(C)C(=O)[C@@H]1C[C@H](SC2=C(C(=O)O)N3C(=O)[C@H](CO)[C@H]3C2)CN1. The first-order valence-corrected chi connectivity index (χ1v) is 8.74. The van der Waals surface area contributed by atoms with Gasteiger partial charge in [0.1, 0.15) is 5.70 Å². The zero-order valence-electron chi connectivity index (χ0n) is 13.6. The van der Waals surface area contributed by atoms with Gasteiger partial charge in [0.05, 0.1) is 24.6 Å². The maximum absolute atomic E-state index is 12.0. The van der Waals surface area contributed by atoms with Gasteiger partial charge < -0.3 is 25.3 Å². The number of hydrogen-bond acceptors (Lipinski definition) is 6. The molecule has 0 radical (unpaired) electrons. The minimum atomic E-state index is -1.11. The maximum atomic E-state index is 12.0. The smallest absolute Gasteiger partial charge is 0.353 e. The second-order valence-corrected chi connectivity index (χ2v) is 7.91. The molecular formula is C15H21N3O5S. The molecule has 0 aromatic carbocycles. The number of nitrogens with zero attached hydrogens (tertiary/aromatic N) is 2. The van der Waals surface area contributed by atoms with Gasteiger partial charge in [-0.15, -0.1) is 11.8 Å². The molecule has 0 aliphatic carbocycles. The zero-order chi connectivity index (χ0) is 17.6. The van der Waals surface area contributed by atoms with Gasteiger partial charge in [0.15, 0.2) is 0 Å². The first-order valence-electron chi connectivity index (χ1n) is 7.86. The number of aliphatic hydroxyl groups excluding tert-OH is 1. The van der Waals surface area contributed by atoms with E-state index < -0.39 is 11.9 Å². The molecule has 4 atom stereocenters. The van der Waals surface area contributed by atoms with Crippen molar-refractivity contribution in [1.82, 2.24) is 15.1 Å². The predicted molar refractivity (Wildman–Crippen MR) is 87.0 cm³/mol. The van der Waals surface area contributed by atoms with E-state index in [4.69, 9.17) is 0 Å². The third-order valence-electron chi connectivity index (χ3n) is 4.79. The van der Waals surface area contributed by atoms with Gasteiger partial charge in [0, 0.05) is 37.2 Å². The van der Waals surface area contributed by atoms with Gasteiger partial charge in [-0.25, -0.2) is 4.79 Å². The molecule has 2 saturated heterocycles. The van der Waals surface area contributed by atoms with Crippen LogP contribution in [-0.2, 0) is 14.4 Å². The lowest BCUT2D eigenvalue weighted by Gasteiger charge is -2.42. The standard InChI is InChI=1S/C15H21N3O5S/c1-17(2)14(21)9-3-7(5-16-9)24-11-4-10-8(6-19)13(20)18(10)12(11)15(22)23/h7-10,16,19H,3-6H2,1-2H3,(H,22,23)/t7-,8+,9-,10+/m0/s1. The lowest BCUT2D eigenvalue weighted by molar-refractivity contribution is -0.157. The van der Waals surface area contributed by atoms with Gasteiger partial charge in [0.2, 0.25) is 11.8 Å². The Morgan fingerprint density at radius 1 is 1.42 bits per heavy atom. The molecule has 8 nitrogen and oxygen atoms in total. The second kappa shape index (κ2) is 6.38. The number of rotatable bonds is 5. The number of carboxylic acid groups (broad SMARTS) is 1. The number of nitrogens with one attached hydrogen (secondary N) is 1. The number of aliphatic carboxylic acids is 1. The van der Waals surface area contributed by atoms with Crippen molar-refractivity contribution in [2.45, 2.75) is 30.2 Å². The van der Waals surface area contributed by atoms with Gasteiger partial charge in [-0.1, -0.05) is 0 Å². The second-order valence-electron chi connectivity index (χ2n) is 6.51. The highest BCUT2D eigenvalue weighted by atomic mass is 32.2. The van der Waals surface area contributed by atoms with Crippen LogP contribution in [0.4, 0.5) is 0 Å². The third kappa shape index (κ3) is 2.70. The Morgan fingerprint density at radius 3 is 2.71 bits per heavy atom. The van der Waals surface area contributed by atoms with Crippen LogP contribution in [0.2, 0.25) is 0 Å². The summed E-state index contributed by atoms with van der Waals surface area (Å²) >= 11 is 1.44. The summed E-state index contributed by atoms with van der Waals surface area (Å²) in [6.45, 7) is 0.364. The number of fused-ring (bicyclic) bond motifs is 1. The normalized spacial score (nSPS) is 32.0. The van der Waals surface area contributed by atoms with Crippen LogP contribution in [0.25, 0.3) is 0 Å². The van der Waals surface area contributed by atoms with Crippen LogP contribution in [0.1, 0.15) is 12.8 Å². The molecule has 0 unspecified atom stereocenters. The van der Waals surface area contributed by atoms with Gasteiger partial charge in [-0.2, -0.15) is 0 Å². The Morgan fingerprint density at radius 2 is 2.12 bits per heavy atom. The van der Waals surface area contributed by atoms with Crippen LogP contribution in [0, 0.1) is 5.92 Å². The molecule has 0 aromatic rings. The summed E-state index contributed by atoms with van der Waals surface area (Å²) in [4.78, 5) is 39.1. The molecule has 0 spiro atoms. The fourth-order valence-electron chi connectivity index (χ4n) is 3.56. The topological polar surface area (TPSA) is 110 Å². The van der Waals surface area contributed by atoms with Crippen molar-refractivity contribution in [3.05, 3.63) is 10.6 Å². The Labute approximate surface area is 143 Å². The molecule has 24 heavy (non-hydrogen) atoms. The highest BCUT2D eigenvalue weighted by molar-refractivity contribution is 8.03. The quantitative estimate of drug-likeness (QED) is 0.546. The molecule has 0 bridgehead atoms. The van der Waals surface area contributed by atoms with Gasteiger partial charge in [0.25, 0.3) is 0 Å². The van der Waals surface area contributed by atoms with Crippen LogP contribution in [0.5, 0.6) is 0 Å². The van der Waals surface area contributed by atoms with Crippen molar-refractivity contribution < 1.29 is 24.6 Å². The molecule has 2 amide bonds. The highest BCUT2D eigenvalue weighted by Gasteiger charge is 2.55. The summed E-state index contributed by atoms with van der Waals surface area (Å²) in [6, 6.07) is -0.499. The van der Waals surface area contributed by atoms with Gasteiger partial charge in [-0.05, 0) is 6.42 Å². The molecule has 3 aliphatic rings. The zero-order valence-corrected chi connectivity index (χ0v) is 14.4. The number of carbonyl (C=O) groups is 3. The number of amides is 2. The number of carboxylic acids is 1. The van der Waals surface area contributed by atoms with E-state index in [9.17, 15) is 24.6 Å². The lowest BCUT2D eigenvalue weighted by atomic mass is 9.88. The van der Waals surface area contributed by atoms with Crippen LogP contribution in [0.3, 0.4) is 0 Å². The average molecular weight is 355 g/mol. The van der Waals surface area contributed by atoms with Crippen LogP contribution >= 0.6 is 11.8 Å². The summed E-state index contributed by atoms with van der Waals surface area (Å²) in [5.41, 5.74) is 0.0436. The highest BCUT2D eigenvalue weighted by Crippen LogP contribution is 2.47.